The first kappa shape index (κ1) is 12.7. The highest BCUT2D eigenvalue weighted by Gasteiger charge is 2.17. The molecule has 96 valence electrons. The van der Waals surface area contributed by atoms with Crippen LogP contribution in [0.1, 0.15) is 29.1 Å². The standard InChI is InChI=1S/C11H14N4O2S/c1-3-17-11(16)10-14-13-8(2)15(10)5-4-9-6-18-7-12-9/h6-7H,3-5H2,1-2H3. The first-order valence-corrected chi connectivity index (χ1v) is 6.60. The van der Waals surface area contributed by atoms with Crippen LogP contribution in [0.25, 0.3) is 0 Å². The van der Waals surface area contributed by atoms with Crippen LogP contribution in [0.4, 0.5) is 0 Å². The molecular formula is C11H14N4O2S. The molecule has 0 atom stereocenters. The summed E-state index contributed by atoms with van der Waals surface area (Å²) < 4.78 is 6.70. The van der Waals surface area contributed by atoms with Crippen molar-refractivity contribution in [3.05, 3.63) is 28.2 Å². The lowest BCUT2D eigenvalue weighted by Gasteiger charge is -2.06. The Morgan fingerprint density at radius 1 is 1.50 bits per heavy atom. The molecule has 0 unspecified atom stereocenters. The van der Waals surface area contributed by atoms with Gasteiger partial charge in [-0.1, -0.05) is 0 Å². The topological polar surface area (TPSA) is 69.9 Å². The van der Waals surface area contributed by atoms with Crippen molar-refractivity contribution in [1.29, 1.82) is 0 Å². The highest BCUT2D eigenvalue weighted by molar-refractivity contribution is 7.07. The molecule has 6 nitrogen and oxygen atoms in total. The van der Waals surface area contributed by atoms with Gasteiger partial charge in [-0.25, -0.2) is 9.78 Å². The number of carbonyl (C=O) groups is 1. The van der Waals surface area contributed by atoms with E-state index in [1.54, 1.807) is 28.3 Å². The number of aryl methyl sites for hydroxylation is 2. The van der Waals surface area contributed by atoms with Crippen molar-refractivity contribution < 1.29 is 9.53 Å². The highest BCUT2D eigenvalue weighted by atomic mass is 32.1. The van der Waals surface area contributed by atoms with E-state index in [0.717, 1.165) is 12.1 Å². The molecule has 2 aromatic heterocycles. The van der Waals surface area contributed by atoms with Crippen LogP contribution in [0.5, 0.6) is 0 Å². The average molecular weight is 266 g/mol. The molecule has 0 spiro atoms. The van der Waals surface area contributed by atoms with Crippen molar-refractivity contribution in [3.63, 3.8) is 0 Å². The Morgan fingerprint density at radius 3 is 3.00 bits per heavy atom. The van der Waals surface area contributed by atoms with Gasteiger partial charge in [0.1, 0.15) is 5.82 Å². The Labute approximate surface area is 109 Å². The number of thiazole rings is 1. The zero-order valence-electron chi connectivity index (χ0n) is 10.3. The summed E-state index contributed by atoms with van der Waals surface area (Å²) in [5.74, 6) is 0.522. The Morgan fingerprint density at radius 2 is 2.33 bits per heavy atom. The van der Waals surface area contributed by atoms with Gasteiger partial charge in [-0.15, -0.1) is 21.5 Å². The molecule has 0 N–H and O–H groups in total. The lowest BCUT2D eigenvalue weighted by Crippen LogP contribution is -2.15. The van der Waals surface area contributed by atoms with Gasteiger partial charge in [-0.05, 0) is 13.8 Å². The molecule has 0 aliphatic carbocycles. The second-order valence-corrected chi connectivity index (χ2v) is 4.39. The van der Waals surface area contributed by atoms with Crippen LogP contribution >= 0.6 is 11.3 Å². The van der Waals surface area contributed by atoms with E-state index in [2.05, 4.69) is 15.2 Å². The van der Waals surface area contributed by atoms with Crippen LogP contribution in [0, 0.1) is 6.92 Å². The maximum Gasteiger partial charge on any atom is 0.376 e. The Kier molecular flexibility index (Phi) is 4.03. The van der Waals surface area contributed by atoms with Gasteiger partial charge >= 0.3 is 5.97 Å². The normalized spacial score (nSPS) is 10.6. The number of esters is 1. The van der Waals surface area contributed by atoms with Gasteiger partial charge in [0.2, 0.25) is 5.82 Å². The van der Waals surface area contributed by atoms with Crippen LogP contribution in [0.15, 0.2) is 10.9 Å². The van der Waals surface area contributed by atoms with E-state index in [9.17, 15) is 4.79 Å². The van der Waals surface area contributed by atoms with E-state index >= 15 is 0 Å². The minimum absolute atomic E-state index is 0.254. The highest BCUT2D eigenvalue weighted by Crippen LogP contribution is 2.08. The second kappa shape index (κ2) is 5.72. The van der Waals surface area contributed by atoms with E-state index in [1.165, 1.54) is 0 Å². The number of nitrogens with zero attached hydrogens (tertiary/aromatic N) is 4. The van der Waals surface area contributed by atoms with Crippen LogP contribution in [0.2, 0.25) is 0 Å². The van der Waals surface area contributed by atoms with E-state index in [4.69, 9.17) is 4.74 Å². The second-order valence-electron chi connectivity index (χ2n) is 3.67. The maximum atomic E-state index is 11.7. The smallest absolute Gasteiger partial charge is 0.376 e. The van der Waals surface area contributed by atoms with Gasteiger partial charge in [0.05, 0.1) is 17.8 Å². The molecule has 2 heterocycles. The van der Waals surface area contributed by atoms with Crippen LogP contribution < -0.4 is 0 Å². The minimum Gasteiger partial charge on any atom is -0.460 e. The van der Waals surface area contributed by atoms with Gasteiger partial charge in [-0.3, -0.25) is 0 Å². The van der Waals surface area contributed by atoms with E-state index in [-0.39, 0.29) is 5.82 Å². The Balaban J connectivity index is 2.11. The molecule has 2 aromatic rings. The lowest BCUT2D eigenvalue weighted by atomic mass is 10.3. The number of aromatic nitrogens is 4. The van der Waals surface area contributed by atoms with Crippen molar-refractivity contribution in [3.8, 4) is 0 Å². The van der Waals surface area contributed by atoms with Gasteiger partial charge in [0, 0.05) is 18.3 Å². The molecular weight excluding hydrogens is 252 g/mol. The maximum absolute atomic E-state index is 11.7. The minimum atomic E-state index is -0.434. The molecule has 0 aliphatic heterocycles. The molecule has 0 fully saturated rings. The van der Waals surface area contributed by atoms with Gasteiger partial charge in [-0.2, -0.15) is 0 Å². The Hall–Kier alpha value is -1.76. The molecule has 0 aromatic carbocycles. The zero-order chi connectivity index (χ0) is 13.0. The number of ether oxygens (including phenoxy) is 1. The molecule has 0 aliphatic rings. The number of rotatable bonds is 5. The van der Waals surface area contributed by atoms with Crippen LogP contribution in [0.3, 0.4) is 0 Å². The molecule has 18 heavy (non-hydrogen) atoms. The largest absolute Gasteiger partial charge is 0.460 e. The molecule has 0 amide bonds. The third kappa shape index (κ3) is 2.73. The predicted molar refractivity (Wildman–Crippen MR) is 66.5 cm³/mol. The van der Waals surface area contributed by atoms with Crippen molar-refractivity contribution >= 4 is 17.3 Å². The lowest BCUT2D eigenvalue weighted by molar-refractivity contribution is 0.0505. The quantitative estimate of drug-likeness (QED) is 0.766. The fourth-order valence-electron chi connectivity index (χ4n) is 1.58. The van der Waals surface area contributed by atoms with E-state index in [1.807, 2.05) is 12.3 Å². The summed E-state index contributed by atoms with van der Waals surface area (Å²) in [7, 11) is 0. The molecule has 2 rings (SSSR count). The summed E-state index contributed by atoms with van der Waals surface area (Å²) in [5.41, 5.74) is 2.79. The Bertz CT molecular complexity index is 521. The third-order valence-electron chi connectivity index (χ3n) is 2.47. The van der Waals surface area contributed by atoms with Gasteiger partial charge in [0.25, 0.3) is 0 Å². The van der Waals surface area contributed by atoms with E-state index < -0.39 is 5.97 Å². The summed E-state index contributed by atoms with van der Waals surface area (Å²) in [6.45, 7) is 4.53. The predicted octanol–water partition coefficient (Wildman–Crippen LogP) is 1.46. The number of hydrogen-bond donors (Lipinski definition) is 0. The zero-order valence-corrected chi connectivity index (χ0v) is 11.1. The fraction of sp³-hybridized carbons (Fsp3) is 0.455. The van der Waals surface area contributed by atoms with E-state index in [0.29, 0.717) is 19.0 Å². The first-order chi connectivity index (χ1) is 8.72. The van der Waals surface area contributed by atoms with Crippen molar-refractivity contribution in [2.75, 3.05) is 6.61 Å². The summed E-state index contributed by atoms with van der Waals surface area (Å²) in [6, 6.07) is 0. The van der Waals surface area contributed by atoms with Crippen molar-refractivity contribution in [2.45, 2.75) is 26.8 Å². The summed E-state index contributed by atoms with van der Waals surface area (Å²) >= 11 is 1.56. The van der Waals surface area contributed by atoms with Gasteiger partial charge < -0.3 is 9.30 Å². The van der Waals surface area contributed by atoms with Gasteiger partial charge in [0.15, 0.2) is 0 Å². The summed E-state index contributed by atoms with van der Waals surface area (Å²) in [4.78, 5) is 15.9. The summed E-state index contributed by atoms with van der Waals surface area (Å²) in [6.07, 6.45) is 0.745. The SMILES string of the molecule is CCOC(=O)c1nnc(C)n1CCc1cscn1. The molecule has 0 bridgehead atoms. The van der Waals surface area contributed by atoms with Crippen molar-refractivity contribution in [2.24, 2.45) is 0 Å². The molecule has 7 heteroatoms. The monoisotopic (exact) mass is 266 g/mol. The summed E-state index contributed by atoms with van der Waals surface area (Å²) in [5, 5.41) is 9.76. The number of hydrogen-bond acceptors (Lipinski definition) is 6. The number of carbonyl (C=O) groups excluding carboxylic acids is 1. The third-order valence-corrected chi connectivity index (χ3v) is 3.10. The average Bonchev–Trinajstić information content (AvgIpc) is 2.96. The van der Waals surface area contributed by atoms with Crippen LogP contribution in [-0.4, -0.2) is 32.3 Å². The van der Waals surface area contributed by atoms with Crippen LogP contribution in [-0.2, 0) is 17.7 Å². The van der Waals surface area contributed by atoms with Crippen molar-refractivity contribution in [1.82, 2.24) is 19.7 Å². The molecule has 0 saturated carbocycles. The first-order valence-electron chi connectivity index (χ1n) is 5.66. The fourth-order valence-corrected chi connectivity index (χ4v) is 2.18. The molecule has 0 radical (unpaired) electrons. The molecule has 0 saturated heterocycles.